The summed E-state index contributed by atoms with van der Waals surface area (Å²) in [5.74, 6) is -0.798. The van der Waals surface area contributed by atoms with Crippen molar-refractivity contribution in [2.24, 2.45) is 0 Å². The number of aromatic nitrogens is 2. The molecule has 0 aliphatic carbocycles. The van der Waals surface area contributed by atoms with Crippen LogP contribution in [0.25, 0.3) is 11.1 Å². The molecule has 0 saturated heterocycles. The van der Waals surface area contributed by atoms with E-state index in [9.17, 15) is 14.7 Å². The van der Waals surface area contributed by atoms with Gasteiger partial charge in [-0.2, -0.15) is 22.0 Å². The number of nitrogens with zero attached hydrogens (tertiary/aromatic N) is 2. The van der Waals surface area contributed by atoms with Crippen molar-refractivity contribution in [1.29, 1.82) is 0 Å². The molecule has 2 N–H and O–H groups in total. The van der Waals surface area contributed by atoms with Crippen LogP contribution in [0.1, 0.15) is 33.5 Å². The second-order valence-corrected chi connectivity index (χ2v) is 8.57. The van der Waals surface area contributed by atoms with Crippen LogP contribution in [0.2, 0.25) is 0 Å². The van der Waals surface area contributed by atoms with Crippen molar-refractivity contribution < 1.29 is 19.4 Å². The van der Waals surface area contributed by atoms with Crippen molar-refractivity contribution >= 4 is 23.6 Å². The van der Waals surface area contributed by atoms with Crippen molar-refractivity contribution in [3.8, 4) is 11.1 Å². The van der Waals surface area contributed by atoms with E-state index in [-0.39, 0.29) is 0 Å². The Labute approximate surface area is 197 Å². The van der Waals surface area contributed by atoms with Gasteiger partial charge in [-0.3, -0.25) is 4.79 Å². The summed E-state index contributed by atoms with van der Waals surface area (Å²) < 4.78 is 5.82. The molecule has 1 atom stereocenters. The van der Waals surface area contributed by atoms with Crippen LogP contribution < -0.4 is 5.32 Å². The number of carboxylic acid groups (broad SMARTS) is 1. The highest BCUT2D eigenvalue weighted by atomic mass is 32.2. The maximum absolute atomic E-state index is 13.1. The van der Waals surface area contributed by atoms with Crippen molar-refractivity contribution in [3.63, 3.8) is 0 Å². The van der Waals surface area contributed by atoms with E-state index in [2.05, 4.69) is 15.5 Å². The van der Waals surface area contributed by atoms with Crippen LogP contribution in [-0.4, -0.2) is 45.2 Å². The lowest BCUT2D eigenvalue weighted by molar-refractivity contribution is -0.139. The third kappa shape index (κ3) is 6.87. The molecule has 0 bridgehead atoms. The summed E-state index contributed by atoms with van der Waals surface area (Å²) in [5.41, 5.74) is 4.94. The van der Waals surface area contributed by atoms with E-state index in [4.69, 9.17) is 4.74 Å². The first kappa shape index (κ1) is 24.4. The number of carbonyl (C=O) groups is 2. The summed E-state index contributed by atoms with van der Waals surface area (Å²) in [6, 6.07) is 14.2. The van der Waals surface area contributed by atoms with Gasteiger partial charge in [0.15, 0.2) is 0 Å². The van der Waals surface area contributed by atoms with Gasteiger partial charge in [-0.05, 0) is 71.4 Å². The molecular weight excluding hydrogens is 438 g/mol. The minimum Gasteiger partial charge on any atom is -0.480 e. The van der Waals surface area contributed by atoms with E-state index < -0.39 is 17.9 Å². The fourth-order valence-corrected chi connectivity index (χ4v) is 3.87. The third-order valence-electron chi connectivity index (χ3n) is 5.16. The lowest BCUT2D eigenvalue weighted by atomic mass is 9.93. The number of amides is 1. The number of thioether (sulfide) groups is 1. The predicted octanol–water partition coefficient (Wildman–Crippen LogP) is 4.10. The quantitative estimate of drug-likeness (QED) is 0.439. The van der Waals surface area contributed by atoms with E-state index in [1.165, 1.54) is 0 Å². The number of aryl methyl sites for hydroxylation is 1. The Balaban J connectivity index is 1.85. The molecule has 0 radical (unpaired) electrons. The van der Waals surface area contributed by atoms with E-state index in [1.807, 2.05) is 55.6 Å². The number of rotatable bonds is 11. The Morgan fingerprint density at radius 1 is 1.06 bits per heavy atom. The van der Waals surface area contributed by atoms with Crippen LogP contribution in [-0.2, 0) is 22.7 Å². The average molecular weight is 466 g/mol. The SMILES string of the molecule is CSCC[C@H](NC(=O)c1ccc(COCc2ccnnc2)cc1-c1ccccc1C)C(=O)O. The van der Waals surface area contributed by atoms with Gasteiger partial charge in [-0.25, -0.2) is 4.79 Å². The van der Waals surface area contributed by atoms with Gasteiger partial charge in [0.2, 0.25) is 0 Å². The second kappa shape index (κ2) is 12.1. The van der Waals surface area contributed by atoms with E-state index in [0.717, 1.165) is 27.8 Å². The normalized spacial score (nSPS) is 11.7. The van der Waals surface area contributed by atoms with Crippen LogP contribution in [0, 0.1) is 6.92 Å². The monoisotopic (exact) mass is 465 g/mol. The summed E-state index contributed by atoms with van der Waals surface area (Å²) in [7, 11) is 0. The average Bonchev–Trinajstić information content (AvgIpc) is 2.82. The molecule has 0 unspecified atom stereocenters. The predicted molar refractivity (Wildman–Crippen MR) is 129 cm³/mol. The first-order valence-corrected chi connectivity index (χ1v) is 11.9. The molecule has 1 amide bonds. The van der Waals surface area contributed by atoms with Crippen molar-refractivity contribution in [3.05, 3.63) is 83.2 Å². The molecule has 0 aliphatic heterocycles. The minimum absolute atomic E-state index is 0.356. The fraction of sp³-hybridized carbons (Fsp3) is 0.280. The van der Waals surface area contributed by atoms with Crippen LogP contribution in [0.4, 0.5) is 0 Å². The summed E-state index contributed by atoms with van der Waals surface area (Å²) in [6.45, 7) is 2.73. The molecular formula is C25H27N3O4S. The first-order valence-electron chi connectivity index (χ1n) is 10.5. The standard InChI is InChI=1S/C25H27N3O4S/c1-17-5-3-4-6-20(17)22-13-18(15-32-16-19-9-11-26-27-14-19)7-8-21(22)24(29)28-23(25(30)31)10-12-33-2/h3-9,11,13-14,23H,10,12,15-16H2,1-2H3,(H,28,29)(H,30,31)/t23-/m0/s1. The zero-order valence-corrected chi connectivity index (χ0v) is 19.5. The van der Waals surface area contributed by atoms with Crippen molar-refractivity contribution in [2.45, 2.75) is 32.6 Å². The Hall–Kier alpha value is -3.23. The molecule has 2 aromatic carbocycles. The lowest BCUT2D eigenvalue weighted by Crippen LogP contribution is -2.41. The number of carboxylic acids is 1. The number of ether oxygens (including phenoxy) is 1. The van der Waals surface area contributed by atoms with Crippen molar-refractivity contribution in [1.82, 2.24) is 15.5 Å². The maximum atomic E-state index is 13.1. The van der Waals surface area contributed by atoms with Crippen LogP contribution >= 0.6 is 11.8 Å². The molecule has 8 heteroatoms. The van der Waals surface area contributed by atoms with Gasteiger partial charge in [0.1, 0.15) is 6.04 Å². The Bertz CT molecular complexity index is 1090. The second-order valence-electron chi connectivity index (χ2n) is 7.58. The molecule has 0 saturated carbocycles. The molecule has 3 aromatic rings. The summed E-state index contributed by atoms with van der Waals surface area (Å²) in [6.07, 6.45) is 5.54. The van der Waals surface area contributed by atoms with Crippen LogP contribution in [0.3, 0.4) is 0 Å². The molecule has 1 heterocycles. The number of carbonyl (C=O) groups excluding carboxylic acids is 1. The van der Waals surface area contributed by atoms with E-state index >= 15 is 0 Å². The Morgan fingerprint density at radius 3 is 2.55 bits per heavy atom. The number of nitrogens with one attached hydrogen (secondary N) is 1. The molecule has 3 rings (SSSR count). The molecule has 33 heavy (non-hydrogen) atoms. The first-order chi connectivity index (χ1) is 16.0. The van der Waals surface area contributed by atoms with Crippen LogP contribution in [0.15, 0.2) is 60.9 Å². The zero-order valence-electron chi connectivity index (χ0n) is 18.7. The molecule has 0 aliphatic rings. The van der Waals surface area contributed by atoms with Gasteiger partial charge in [-0.15, -0.1) is 0 Å². The van der Waals surface area contributed by atoms with Gasteiger partial charge in [0, 0.05) is 11.8 Å². The van der Waals surface area contributed by atoms with E-state index in [0.29, 0.717) is 31.0 Å². The number of benzene rings is 2. The van der Waals surface area contributed by atoms with E-state index in [1.54, 1.807) is 30.2 Å². The largest absolute Gasteiger partial charge is 0.480 e. The molecule has 7 nitrogen and oxygen atoms in total. The molecule has 172 valence electrons. The summed E-state index contributed by atoms with van der Waals surface area (Å²) in [4.78, 5) is 24.7. The number of hydrogen-bond acceptors (Lipinski definition) is 6. The summed E-state index contributed by atoms with van der Waals surface area (Å²) >= 11 is 1.54. The highest BCUT2D eigenvalue weighted by molar-refractivity contribution is 7.98. The van der Waals surface area contributed by atoms with Gasteiger partial charge < -0.3 is 15.2 Å². The van der Waals surface area contributed by atoms with Gasteiger partial charge in [-0.1, -0.05) is 30.3 Å². The molecule has 0 fully saturated rings. The summed E-state index contributed by atoms with van der Waals surface area (Å²) in [5, 5.41) is 19.8. The fourth-order valence-electron chi connectivity index (χ4n) is 3.40. The Kier molecular flexibility index (Phi) is 8.97. The highest BCUT2D eigenvalue weighted by Gasteiger charge is 2.22. The van der Waals surface area contributed by atoms with Crippen LogP contribution in [0.5, 0.6) is 0 Å². The number of aliphatic carboxylic acids is 1. The third-order valence-corrected chi connectivity index (χ3v) is 5.80. The highest BCUT2D eigenvalue weighted by Crippen LogP contribution is 2.28. The zero-order chi connectivity index (χ0) is 23.6. The number of hydrogen-bond donors (Lipinski definition) is 2. The van der Waals surface area contributed by atoms with Gasteiger partial charge in [0.25, 0.3) is 5.91 Å². The van der Waals surface area contributed by atoms with Gasteiger partial charge in [0.05, 0.1) is 19.4 Å². The van der Waals surface area contributed by atoms with Gasteiger partial charge >= 0.3 is 5.97 Å². The Morgan fingerprint density at radius 2 is 1.85 bits per heavy atom. The lowest BCUT2D eigenvalue weighted by Gasteiger charge is -2.17. The molecule has 1 aromatic heterocycles. The topological polar surface area (TPSA) is 101 Å². The minimum atomic E-state index is -1.04. The molecule has 0 spiro atoms. The van der Waals surface area contributed by atoms with Crippen molar-refractivity contribution in [2.75, 3.05) is 12.0 Å². The maximum Gasteiger partial charge on any atom is 0.326 e. The smallest absolute Gasteiger partial charge is 0.326 e.